The van der Waals surface area contributed by atoms with Crippen molar-refractivity contribution in [1.29, 1.82) is 0 Å². The fourth-order valence-electron chi connectivity index (χ4n) is 1.92. The summed E-state index contributed by atoms with van der Waals surface area (Å²) in [5, 5.41) is 19.8. The first-order valence-corrected chi connectivity index (χ1v) is 8.02. The van der Waals surface area contributed by atoms with Crippen molar-refractivity contribution < 1.29 is 32.0 Å². The molecule has 0 atom stereocenters. The molecule has 2 aromatic carbocycles. The van der Waals surface area contributed by atoms with Crippen LogP contribution < -0.4 is 4.72 Å². The predicted octanol–water partition coefficient (Wildman–Crippen LogP) is 2.68. The molecule has 0 aliphatic heterocycles. The van der Waals surface area contributed by atoms with Crippen LogP contribution >= 0.6 is 0 Å². The van der Waals surface area contributed by atoms with Gasteiger partial charge in [-0.1, -0.05) is 17.7 Å². The van der Waals surface area contributed by atoms with Gasteiger partial charge >= 0.3 is 5.97 Å². The Labute approximate surface area is 139 Å². The van der Waals surface area contributed by atoms with E-state index >= 15 is 0 Å². The number of aryl methyl sites for hydroxylation is 1. The second kappa shape index (κ2) is 6.43. The maximum atomic E-state index is 14.1. The quantitative estimate of drug-likeness (QED) is 0.614. The average molecular weight is 372 g/mol. The molecule has 132 valence electrons. The molecule has 0 bridgehead atoms. The SMILES string of the molecule is Cc1ccc(S(=O)(=O)Nc2c([N+](=O)[O-])cc(C(=O)O)c(F)c2F)cc1. The highest BCUT2D eigenvalue weighted by Gasteiger charge is 2.31. The lowest BCUT2D eigenvalue weighted by Crippen LogP contribution is -2.17. The van der Waals surface area contributed by atoms with Crippen molar-refractivity contribution in [2.45, 2.75) is 11.8 Å². The number of nitro groups is 1. The molecule has 0 heterocycles. The van der Waals surface area contributed by atoms with Crippen LogP contribution in [0.15, 0.2) is 35.2 Å². The van der Waals surface area contributed by atoms with E-state index in [0.29, 0.717) is 0 Å². The van der Waals surface area contributed by atoms with Crippen LogP contribution in [0.4, 0.5) is 20.2 Å². The zero-order chi connectivity index (χ0) is 18.9. The van der Waals surface area contributed by atoms with Gasteiger partial charge in [-0.3, -0.25) is 14.8 Å². The lowest BCUT2D eigenvalue weighted by atomic mass is 10.1. The largest absolute Gasteiger partial charge is 0.478 e. The van der Waals surface area contributed by atoms with Gasteiger partial charge in [0.1, 0.15) is 5.56 Å². The standard InChI is InChI=1S/C14H10F2N2O6S/c1-7-2-4-8(5-3-7)25(23,24)17-13-10(18(21)22)6-9(14(19)20)11(15)12(13)16/h2-6,17H,1H3,(H,19,20). The molecule has 0 spiro atoms. The van der Waals surface area contributed by atoms with Crippen molar-refractivity contribution in [2.24, 2.45) is 0 Å². The van der Waals surface area contributed by atoms with Crippen LogP contribution in [0.5, 0.6) is 0 Å². The highest BCUT2D eigenvalue weighted by atomic mass is 32.2. The van der Waals surface area contributed by atoms with Gasteiger partial charge in [0.2, 0.25) is 0 Å². The summed E-state index contributed by atoms with van der Waals surface area (Å²) in [5.74, 6) is -5.84. The van der Waals surface area contributed by atoms with Gasteiger partial charge in [-0.15, -0.1) is 0 Å². The number of carboxylic acid groups (broad SMARTS) is 1. The number of hydrogen-bond donors (Lipinski definition) is 2. The molecule has 0 fully saturated rings. The fourth-order valence-corrected chi connectivity index (χ4v) is 3.00. The number of rotatable bonds is 5. The monoisotopic (exact) mass is 372 g/mol. The number of aromatic carboxylic acids is 1. The van der Waals surface area contributed by atoms with E-state index in [1.165, 1.54) is 24.3 Å². The number of carboxylic acids is 1. The molecule has 2 N–H and O–H groups in total. The summed E-state index contributed by atoms with van der Waals surface area (Å²) < 4.78 is 53.9. The molecule has 0 aromatic heterocycles. The number of halogens is 2. The van der Waals surface area contributed by atoms with Crippen molar-refractivity contribution in [1.82, 2.24) is 0 Å². The zero-order valence-corrected chi connectivity index (χ0v) is 13.3. The Bertz CT molecular complexity index is 974. The number of nitro benzene ring substituents is 1. The Morgan fingerprint density at radius 1 is 1.20 bits per heavy atom. The third-order valence-corrected chi connectivity index (χ3v) is 4.55. The van der Waals surface area contributed by atoms with Gasteiger partial charge in [-0.05, 0) is 19.1 Å². The molecular weight excluding hydrogens is 362 g/mol. The summed E-state index contributed by atoms with van der Waals surface area (Å²) in [6.07, 6.45) is 0. The minimum absolute atomic E-state index is 0.244. The first-order valence-electron chi connectivity index (χ1n) is 6.53. The summed E-state index contributed by atoms with van der Waals surface area (Å²) in [6, 6.07) is 5.46. The Hall–Kier alpha value is -3.08. The maximum Gasteiger partial charge on any atom is 0.339 e. The van der Waals surface area contributed by atoms with E-state index < -0.39 is 49.5 Å². The molecule has 2 rings (SSSR count). The van der Waals surface area contributed by atoms with Gasteiger partial charge < -0.3 is 5.11 Å². The number of carbonyl (C=O) groups is 1. The third-order valence-electron chi connectivity index (χ3n) is 3.18. The van der Waals surface area contributed by atoms with Crippen LogP contribution in [0, 0.1) is 28.7 Å². The molecule has 0 amide bonds. The fraction of sp³-hybridized carbons (Fsp3) is 0.0714. The van der Waals surface area contributed by atoms with Crippen LogP contribution in [-0.4, -0.2) is 24.4 Å². The van der Waals surface area contributed by atoms with Gasteiger partial charge in [0.15, 0.2) is 17.3 Å². The topological polar surface area (TPSA) is 127 Å². The zero-order valence-electron chi connectivity index (χ0n) is 12.5. The smallest absolute Gasteiger partial charge is 0.339 e. The summed E-state index contributed by atoms with van der Waals surface area (Å²) in [7, 11) is -4.47. The molecule has 0 aliphatic carbocycles. The van der Waals surface area contributed by atoms with Crippen LogP contribution in [0.3, 0.4) is 0 Å². The molecule has 25 heavy (non-hydrogen) atoms. The van der Waals surface area contributed by atoms with Crippen molar-refractivity contribution in [3.05, 3.63) is 63.2 Å². The molecule has 0 unspecified atom stereocenters. The van der Waals surface area contributed by atoms with Gasteiger partial charge in [-0.25, -0.2) is 22.0 Å². The Morgan fingerprint density at radius 2 is 1.76 bits per heavy atom. The minimum Gasteiger partial charge on any atom is -0.478 e. The van der Waals surface area contributed by atoms with Gasteiger partial charge in [0.05, 0.1) is 9.82 Å². The van der Waals surface area contributed by atoms with Crippen LogP contribution in [0.2, 0.25) is 0 Å². The van der Waals surface area contributed by atoms with E-state index in [1.807, 2.05) is 0 Å². The van der Waals surface area contributed by atoms with E-state index in [0.717, 1.165) is 5.56 Å². The first kappa shape index (κ1) is 18.3. The summed E-state index contributed by atoms with van der Waals surface area (Å²) in [6.45, 7) is 1.69. The maximum absolute atomic E-state index is 14.1. The molecule has 0 radical (unpaired) electrons. The number of nitrogens with zero attached hydrogens (tertiary/aromatic N) is 1. The second-order valence-corrected chi connectivity index (χ2v) is 6.61. The van der Waals surface area contributed by atoms with E-state index in [2.05, 4.69) is 0 Å². The van der Waals surface area contributed by atoms with Gasteiger partial charge in [0, 0.05) is 6.07 Å². The second-order valence-electron chi connectivity index (χ2n) is 4.93. The molecule has 0 saturated heterocycles. The summed E-state index contributed by atoms with van der Waals surface area (Å²) in [4.78, 5) is 20.3. The molecule has 11 heteroatoms. The van der Waals surface area contributed by atoms with E-state index in [-0.39, 0.29) is 11.0 Å². The van der Waals surface area contributed by atoms with Gasteiger partial charge in [0.25, 0.3) is 15.7 Å². The Morgan fingerprint density at radius 3 is 2.24 bits per heavy atom. The Balaban J connectivity index is 2.62. The lowest BCUT2D eigenvalue weighted by Gasteiger charge is -2.11. The van der Waals surface area contributed by atoms with E-state index in [4.69, 9.17) is 5.11 Å². The lowest BCUT2D eigenvalue weighted by molar-refractivity contribution is -0.384. The number of benzene rings is 2. The predicted molar refractivity (Wildman–Crippen MR) is 82.0 cm³/mol. The normalized spacial score (nSPS) is 11.2. The van der Waals surface area contributed by atoms with Crippen molar-refractivity contribution in [3.8, 4) is 0 Å². The van der Waals surface area contributed by atoms with Crippen molar-refractivity contribution in [3.63, 3.8) is 0 Å². The molecule has 0 aliphatic rings. The average Bonchev–Trinajstić information content (AvgIpc) is 2.51. The molecule has 0 saturated carbocycles. The number of hydrogen-bond acceptors (Lipinski definition) is 5. The highest BCUT2D eigenvalue weighted by Crippen LogP contribution is 2.33. The Kier molecular flexibility index (Phi) is 4.70. The number of nitrogens with one attached hydrogen (secondary N) is 1. The van der Waals surface area contributed by atoms with Crippen LogP contribution in [0.25, 0.3) is 0 Å². The minimum atomic E-state index is -4.47. The summed E-state index contributed by atoms with van der Waals surface area (Å²) >= 11 is 0. The number of anilines is 1. The highest BCUT2D eigenvalue weighted by molar-refractivity contribution is 7.92. The van der Waals surface area contributed by atoms with Crippen LogP contribution in [-0.2, 0) is 10.0 Å². The first-order chi connectivity index (χ1) is 11.5. The molecular formula is C14H10F2N2O6S. The third kappa shape index (κ3) is 3.55. The van der Waals surface area contributed by atoms with Crippen molar-refractivity contribution >= 4 is 27.4 Å². The van der Waals surface area contributed by atoms with Gasteiger partial charge in [-0.2, -0.15) is 0 Å². The van der Waals surface area contributed by atoms with Crippen molar-refractivity contribution in [2.75, 3.05) is 4.72 Å². The molecule has 2 aromatic rings. The molecule has 8 nitrogen and oxygen atoms in total. The van der Waals surface area contributed by atoms with E-state index in [1.54, 1.807) is 11.6 Å². The summed E-state index contributed by atoms with van der Waals surface area (Å²) in [5.41, 5.74) is -3.07. The van der Waals surface area contributed by atoms with Crippen LogP contribution in [0.1, 0.15) is 15.9 Å². The van der Waals surface area contributed by atoms with E-state index in [9.17, 15) is 32.1 Å². The number of sulfonamides is 1.